The molecule has 3 aromatic rings. The van der Waals surface area contributed by atoms with E-state index in [2.05, 4.69) is 0 Å². The first-order valence-electron chi connectivity index (χ1n) is 9.39. The molecule has 4 rings (SSSR count). The van der Waals surface area contributed by atoms with Crippen molar-refractivity contribution >= 4 is 17.2 Å². The smallest absolute Gasteiger partial charge is 0.264 e. The number of carbonyl (C=O) groups is 1. The van der Waals surface area contributed by atoms with E-state index in [1.165, 1.54) is 16.9 Å². The first-order chi connectivity index (χ1) is 14.2. The summed E-state index contributed by atoms with van der Waals surface area (Å²) in [5.74, 6) is 2.20. The number of ether oxygens (including phenoxy) is 3. The summed E-state index contributed by atoms with van der Waals surface area (Å²) in [5, 5.41) is 1.93. The van der Waals surface area contributed by atoms with Crippen molar-refractivity contribution in [3.05, 3.63) is 75.5 Å². The van der Waals surface area contributed by atoms with E-state index >= 15 is 0 Å². The standard InChI is InChI=1S/C23H23NO4S/c1-26-17-8-6-15(7-9-17)22-18-14-20(28-3)19(27-2)13-16(18)10-11-24(22)23(25)21-5-4-12-29-21/h4-9,12-14,22H,10-11H2,1-3H3/t22-/m0/s1. The van der Waals surface area contributed by atoms with Crippen molar-refractivity contribution in [1.82, 2.24) is 4.90 Å². The maximum atomic E-state index is 13.3. The zero-order chi connectivity index (χ0) is 20.4. The van der Waals surface area contributed by atoms with Gasteiger partial charge in [-0.2, -0.15) is 0 Å². The molecule has 1 atom stereocenters. The summed E-state index contributed by atoms with van der Waals surface area (Å²) >= 11 is 1.47. The van der Waals surface area contributed by atoms with Gasteiger partial charge < -0.3 is 19.1 Å². The Bertz CT molecular complexity index is 998. The van der Waals surface area contributed by atoms with Crippen LogP contribution in [0.3, 0.4) is 0 Å². The van der Waals surface area contributed by atoms with Crippen LogP contribution < -0.4 is 14.2 Å². The van der Waals surface area contributed by atoms with E-state index in [-0.39, 0.29) is 11.9 Å². The Kier molecular flexibility index (Phi) is 5.45. The second kappa shape index (κ2) is 8.17. The minimum atomic E-state index is -0.209. The fourth-order valence-electron chi connectivity index (χ4n) is 3.85. The number of thiophene rings is 1. The van der Waals surface area contributed by atoms with E-state index in [4.69, 9.17) is 14.2 Å². The molecule has 0 saturated heterocycles. The quantitative estimate of drug-likeness (QED) is 0.620. The van der Waals surface area contributed by atoms with Crippen LogP contribution in [0, 0.1) is 0 Å². The van der Waals surface area contributed by atoms with Crippen LogP contribution >= 0.6 is 11.3 Å². The van der Waals surface area contributed by atoms with Crippen molar-refractivity contribution in [3.8, 4) is 17.2 Å². The zero-order valence-electron chi connectivity index (χ0n) is 16.7. The summed E-state index contributed by atoms with van der Waals surface area (Å²) in [4.78, 5) is 16.0. The number of fused-ring (bicyclic) bond motifs is 1. The Morgan fingerprint density at radius 3 is 2.34 bits per heavy atom. The summed E-state index contributed by atoms with van der Waals surface area (Å²) in [6.45, 7) is 0.635. The van der Waals surface area contributed by atoms with Gasteiger partial charge in [-0.05, 0) is 58.8 Å². The summed E-state index contributed by atoms with van der Waals surface area (Å²) in [7, 11) is 4.92. The molecular weight excluding hydrogens is 386 g/mol. The molecule has 1 amide bonds. The normalized spacial score (nSPS) is 15.6. The van der Waals surface area contributed by atoms with Gasteiger partial charge in [0.25, 0.3) is 5.91 Å². The van der Waals surface area contributed by atoms with Crippen molar-refractivity contribution < 1.29 is 19.0 Å². The average Bonchev–Trinajstić information content (AvgIpc) is 3.32. The van der Waals surface area contributed by atoms with E-state index in [1.807, 2.05) is 58.8 Å². The molecule has 0 bridgehead atoms. The summed E-state index contributed by atoms with van der Waals surface area (Å²) in [6.07, 6.45) is 0.763. The largest absolute Gasteiger partial charge is 0.497 e. The Hall–Kier alpha value is -2.99. The van der Waals surface area contributed by atoms with Gasteiger partial charge in [-0.25, -0.2) is 0 Å². The lowest BCUT2D eigenvalue weighted by Crippen LogP contribution is -2.40. The molecule has 2 heterocycles. The molecule has 0 unspecified atom stereocenters. The third kappa shape index (κ3) is 3.56. The van der Waals surface area contributed by atoms with E-state index in [1.54, 1.807) is 21.3 Å². The minimum absolute atomic E-state index is 0.0428. The lowest BCUT2D eigenvalue weighted by Gasteiger charge is -2.38. The molecule has 150 valence electrons. The maximum absolute atomic E-state index is 13.3. The predicted molar refractivity (Wildman–Crippen MR) is 113 cm³/mol. The molecule has 1 aliphatic rings. The van der Waals surface area contributed by atoms with E-state index in [0.717, 1.165) is 28.2 Å². The molecule has 2 aromatic carbocycles. The molecule has 6 heteroatoms. The van der Waals surface area contributed by atoms with Crippen LogP contribution in [0.4, 0.5) is 0 Å². The highest BCUT2D eigenvalue weighted by molar-refractivity contribution is 7.12. The molecule has 0 N–H and O–H groups in total. The van der Waals surface area contributed by atoms with Crippen molar-refractivity contribution in [3.63, 3.8) is 0 Å². The fraction of sp³-hybridized carbons (Fsp3) is 0.261. The lowest BCUT2D eigenvalue weighted by molar-refractivity contribution is 0.0699. The van der Waals surface area contributed by atoms with Crippen LogP contribution in [0.25, 0.3) is 0 Å². The topological polar surface area (TPSA) is 48.0 Å². The van der Waals surface area contributed by atoms with Crippen LogP contribution in [0.15, 0.2) is 53.9 Å². The Morgan fingerprint density at radius 1 is 1.00 bits per heavy atom. The molecule has 5 nitrogen and oxygen atoms in total. The lowest BCUT2D eigenvalue weighted by atomic mass is 9.87. The number of methoxy groups -OCH3 is 3. The Balaban J connectivity index is 1.84. The number of amides is 1. The molecule has 0 fully saturated rings. The van der Waals surface area contributed by atoms with Crippen LogP contribution in [-0.4, -0.2) is 38.7 Å². The molecule has 0 radical (unpaired) electrons. The number of carbonyl (C=O) groups excluding carboxylic acids is 1. The van der Waals surface area contributed by atoms with Crippen LogP contribution in [0.2, 0.25) is 0 Å². The van der Waals surface area contributed by atoms with Gasteiger partial charge >= 0.3 is 0 Å². The van der Waals surface area contributed by atoms with Gasteiger partial charge in [-0.3, -0.25) is 4.79 Å². The van der Waals surface area contributed by atoms with Crippen molar-refractivity contribution in [1.29, 1.82) is 0 Å². The third-order valence-electron chi connectivity index (χ3n) is 5.30. The average molecular weight is 410 g/mol. The Labute approximate surface area is 174 Å². The first kappa shape index (κ1) is 19.3. The molecule has 0 saturated carbocycles. The van der Waals surface area contributed by atoms with Gasteiger partial charge in [-0.15, -0.1) is 11.3 Å². The van der Waals surface area contributed by atoms with Gasteiger partial charge in [-0.1, -0.05) is 18.2 Å². The minimum Gasteiger partial charge on any atom is -0.497 e. The summed E-state index contributed by atoms with van der Waals surface area (Å²) in [6, 6.07) is 15.5. The summed E-state index contributed by atoms with van der Waals surface area (Å²) in [5.41, 5.74) is 3.26. The third-order valence-corrected chi connectivity index (χ3v) is 6.16. The van der Waals surface area contributed by atoms with Gasteiger partial charge in [0.15, 0.2) is 11.5 Å². The second-order valence-electron chi connectivity index (χ2n) is 6.81. The van der Waals surface area contributed by atoms with E-state index in [9.17, 15) is 4.79 Å². The van der Waals surface area contributed by atoms with E-state index in [0.29, 0.717) is 18.0 Å². The second-order valence-corrected chi connectivity index (χ2v) is 7.76. The highest BCUT2D eigenvalue weighted by Crippen LogP contribution is 2.42. The predicted octanol–water partition coefficient (Wildman–Crippen LogP) is 4.56. The van der Waals surface area contributed by atoms with Crippen molar-refractivity contribution in [2.75, 3.05) is 27.9 Å². The Morgan fingerprint density at radius 2 is 1.72 bits per heavy atom. The number of hydrogen-bond donors (Lipinski definition) is 0. The SMILES string of the molecule is COc1ccc([C@H]2c3cc(OC)c(OC)cc3CCN2C(=O)c2cccs2)cc1. The molecule has 0 aliphatic carbocycles. The zero-order valence-corrected chi connectivity index (χ0v) is 17.5. The number of rotatable bonds is 5. The summed E-state index contributed by atoms with van der Waals surface area (Å²) < 4.78 is 16.3. The fourth-order valence-corrected chi connectivity index (χ4v) is 4.53. The van der Waals surface area contributed by atoms with Gasteiger partial charge in [0.2, 0.25) is 0 Å². The van der Waals surface area contributed by atoms with Gasteiger partial charge in [0.1, 0.15) is 5.75 Å². The van der Waals surface area contributed by atoms with E-state index < -0.39 is 0 Å². The maximum Gasteiger partial charge on any atom is 0.264 e. The highest BCUT2D eigenvalue weighted by Gasteiger charge is 2.34. The number of nitrogens with zero attached hydrogens (tertiary/aromatic N) is 1. The number of benzene rings is 2. The molecule has 29 heavy (non-hydrogen) atoms. The first-order valence-corrected chi connectivity index (χ1v) is 10.3. The van der Waals surface area contributed by atoms with Crippen LogP contribution in [0.5, 0.6) is 17.2 Å². The number of hydrogen-bond acceptors (Lipinski definition) is 5. The van der Waals surface area contributed by atoms with Crippen molar-refractivity contribution in [2.24, 2.45) is 0 Å². The highest BCUT2D eigenvalue weighted by atomic mass is 32.1. The molecular formula is C23H23NO4S. The van der Waals surface area contributed by atoms with Gasteiger partial charge in [0.05, 0.1) is 32.2 Å². The monoisotopic (exact) mass is 409 g/mol. The van der Waals surface area contributed by atoms with Crippen molar-refractivity contribution in [2.45, 2.75) is 12.5 Å². The molecule has 1 aromatic heterocycles. The van der Waals surface area contributed by atoms with Crippen LogP contribution in [0.1, 0.15) is 32.4 Å². The van der Waals surface area contributed by atoms with Gasteiger partial charge in [0, 0.05) is 6.54 Å². The van der Waals surface area contributed by atoms with Crippen LogP contribution in [-0.2, 0) is 6.42 Å². The molecule has 1 aliphatic heterocycles. The molecule has 0 spiro atoms.